The first-order valence-corrected chi connectivity index (χ1v) is 21.6. The van der Waals surface area contributed by atoms with Crippen LogP contribution < -0.4 is 11.1 Å². The molecule has 0 bridgehead atoms. The minimum absolute atomic E-state index is 0.0220. The van der Waals surface area contributed by atoms with E-state index in [1.54, 1.807) is 0 Å². The molecule has 9 unspecified atom stereocenters. The maximum Gasteiger partial charge on any atom is 0.407 e. The Hall–Kier alpha value is -1.62. The van der Waals surface area contributed by atoms with Crippen molar-refractivity contribution in [2.75, 3.05) is 18.8 Å². The van der Waals surface area contributed by atoms with E-state index in [-0.39, 0.29) is 12.2 Å². The van der Waals surface area contributed by atoms with Gasteiger partial charge in [-0.3, -0.25) is 14.6 Å². The molecule has 280 valence electrons. The van der Waals surface area contributed by atoms with Crippen LogP contribution in [-0.2, 0) is 14.3 Å². The quantitative estimate of drug-likeness (QED) is 0.0471. The van der Waals surface area contributed by atoms with E-state index in [1.165, 1.54) is 68.6 Å². The number of aliphatic imine (C=N–C) groups is 1. The minimum Gasteiger partial charge on any atom is -0.481 e. The van der Waals surface area contributed by atoms with Gasteiger partial charge < -0.3 is 26.0 Å². The zero-order valence-corrected chi connectivity index (χ0v) is 32.4. The van der Waals surface area contributed by atoms with E-state index in [0.717, 1.165) is 65.6 Å². The maximum atomic E-state index is 12.7. The van der Waals surface area contributed by atoms with Crippen LogP contribution >= 0.6 is 21.6 Å². The molecule has 4 saturated carbocycles. The van der Waals surface area contributed by atoms with Crippen LogP contribution in [0.2, 0.25) is 0 Å². The van der Waals surface area contributed by atoms with Gasteiger partial charge in [0.15, 0.2) is 0 Å². The van der Waals surface area contributed by atoms with Gasteiger partial charge in [-0.2, -0.15) is 0 Å². The number of carbonyl (C=O) groups excluding carboxylic acids is 1. The highest BCUT2D eigenvalue weighted by Gasteiger charge is 2.60. The molecule has 10 atom stereocenters. The number of carboxylic acid groups (broad SMARTS) is 2. The van der Waals surface area contributed by atoms with Gasteiger partial charge in [0.05, 0.1) is 18.8 Å². The summed E-state index contributed by atoms with van der Waals surface area (Å²) in [4.78, 5) is 39.0. The number of amides is 1. The molecule has 0 saturated heterocycles. The number of nitrogens with two attached hydrogens (primary N) is 1. The summed E-state index contributed by atoms with van der Waals surface area (Å²) in [6, 6.07) is 0. The Kier molecular flexibility index (Phi) is 14.9. The maximum absolute atomic E-state index is 12.7. The number of fused-ring (bicyclic) bond motifs is 5. The molecule has 0 aromatic carbocycles. The SMILES string of the molecule is CC(C)CCCC(C)C1CCC2C3CC[C@@H]4CC(OC(=O)NCCN=C(N)CCCSSC(CC(=O)O)C(=O)O)CCC4(C)C3CCC12C. The standard InChI is InChI=1S/C38H65N3O6S2/c1-24(2)8-6-9-25(3)29-13-14-30-28-12-11-26-22-27(15-17-37(26,4)31(28)16-18-38(29,30)5)47-36(46)41-20-19-40-33(39)10-7-21-48-49-32(35(44)45)23-34(42)43/h24-32H,6-23H2,1-5H3,(H2,39,40)(H,41,46)(H,42,43)(H,44,45)/t25?,26-,27?,28?,29?,30?,31?,32?,37?,38?/m1/s1. The van der Waals surface area contributed by atoms with Gasteiger partial charge in [-0.25, -0.2) is 4.79 Å². The van der Waals surface area contributed by atoms with Gasteiger partial charge in [0.25, 0.3) is 0 Å². The van der Waals surface area contributed by atoms with Crippen LogP contribution in [0.3, 0.4) is 0 Å². The molecule has 0 aromatic rings. The Labute approximate surface area is 303 Å². The Balaban J connectivity index is 1.15. The Morgan fingerprint density at radius 2 is 1.69 bits per heavy atom. The molecule has 5 N–H and O–H groups in total. The highest BCUT2D eigenvalue weighted by molar-refractivity contribution is 8.77. The number of alkyl carbamates (subject to hydrolysis) is 1. The lowest BCUT2D eigenvalue weighted by Gasteiger charge is -2.61. The molecule has 0 heterocycles. The van der Waals surface area contributed by atoms with Crippen molar-refractivity contribution >= 4 is 45.5 Å². The normalized spacial score (nSPS) is 34.0. The molecule has 1 amide bonds. The lowest BCUT2D eigenvalue weighted by atomic mass is 9.44. The first-order chi connectivity index (χ1) is 23.2. The van der Waals surface area contributed by atoms with Crippen molar-refractivity contribution in [3.8, 4) is 0 Å². The largest absolute Gasteiger partial charge is 0.481 e. The van der Waals surface area contributed by atoms with E-state index >= 15 is 0 Å². The van der Waals surface area contributed by atoms with Gasteiger partial charge in [0.1, 0.15) is 11.4 Å². The summed E-state index contributed by atoms with van der Waals surface area (Å²) in [5.74, 6) is 4.61. The molecule has 0 spiro atoms. The van der Waals surface area contributed by atoms with Crippen molar-refractivity contribution in [2.45, 2.75) is 142 Å². The predicted molar refractivity (Wildman–Crippen MR) is 201 cm³/mol. The fraction of sp³-hybridized carbons (Fsp3) is 0.895. The summed E-state index contributed by atoms with van der Waals surface area (Å²) >= 11 is 0. The molecule has 0 aromatic heterocycles. The molecule has 4 aliphatic rings. The van der Waals surface area contributed by atoms with E-state index in [4.69, 9.17) is 20.7 Å². The summed E-state index contributed by atoms with van der Waals surface area (Å²) in [5, 5.41) is 19.8. The van der Waals surface area contributed by atoms with Crippen LogP contribution in [0.1, 0.15) is 131 Å². The molecular formula is C38H65N3O6S2. The van der Waals surface area contributed by atoms with Gasteiger partial charge >= 0.3 is 18.0 Å². The highest BCUT2D eigenvalue weighted by Crippen LogP contribution is 2.68. The van der Waals surface area contributed by atoms with Gasteiger partial charge in [0.2, 0.25) is 0 Å². The number of ether oxygens (including phenoxy) is 1. The van der Waals surface area contributed by atoms with Crippen LogP contribution in [0.15, 0.2) is 4.99 Å². The monoisotopic (exact) mass is 723 g/mol. The van der Waals surface area contributed by atoms with Gasteiger partial charge in [-0.15, -0.1) is 0 Å². The topological polar surface area (TPSA) is 151 Å². The van der Waals surface area contributed by atoms with E-state index in [9.17, 15) is 14.4 Å². The van der Waals surface area contributed by atoms with E-state index < -0.39 is 23.6 Å². The lowest BCUT2D eigenvalue weighted by Crippen LogP contribution is -2.54. The number of amidine groups is 1. The Bertz CT molecular complexity index is 1150. The van der Waals surface area contributed by atoms with Crippen molar-refractivity contribution in [1.82, 2.24) is 5.32 Å². The second kappa shape index (κ2) is 18.2. The Morgan fingerprint density at radius 3 is 2.41 bits per heavy atom. The predicted octanol–water partition coefficient (Wildman–Crippen LogP) is 8.65. The third-order valence-corrected chi connectivity index (χ3v) is 16.1. The van der Waals surface area contributed by atoms with Crippen LogP contribution in [0.4, 0.5) is 4.79 Å². The Morgan fingerprint density at radius 1 is 0.959 bits per heavy atom. The van der Waals surface area contributed by atoms with Crippen molar-refractivity contribution in [1.29, 1.82) is 0 Å². The van der Waals surface area contributed by atoms with Gasteiger partial charge in [-0.05, 0) is 116 Å². The summed E-state index contributed by atoms with van der Waals surface area (Å²) in [6.45, 7) is 13.2. The number of nitrogens with zero attached hydrogens (tertiary/aromatic N) is 1. The average molecular weight is 724 g/mol. The second-order valence-corrected chi connectivity index (χ2v) is 19.4. The van der Waals surface area contributed by atoms with Crippen LogP contribution in [0.5, 0.6) is 0 Å². The van der Waals surface area contributed by atoms with E-state index in [0.29, 0.717) is 54.3 Å². The first-order valence-electron chi connectivity index (χ1n) is 19.2. The van der Waals surface area contributed by atoms with E-state index in [1.807, 2.05) is 0 Å². The smallest absolute Gasteiger partial charge is 0.407 e. The van der Waals surface area contributed by atoms with Crippen LogP contribution in [0, 0.1) is 52.3 Å². The molecule has 0 radical (unpaired) electrons. The average Bonchev–Trinajstić information content (AvgIpc) is 3.39. The summed E-state index contributed by atoms with van der Waals surface area (Å²) in [5.41, 5.74) is 6.90. The molecule has 9 nitrogen and oxygen atoms in total. The highest BCUT2D eigenvalue weighted by atomic mass is 33.1. The molecule has 4 fully saturated rings. The molecule has 11 heteroatoms. The lowest BCUT2D eigenvalue weighted by molar-refractivity contribution is -0.142. The fourth-order valence-corrected chi connectivity index (χ4v) is 13.1. The number of hydrogen-bond donors (Lipinski definition) is 4. The number of carbonyl (C=O) groups is 3. The van der Waals surface area contributed by atoms with Gasteiger partial charge in [0, 0.05) is 18.7 Å². The third-order valence-electron chi connectivity index (χ3n) is 13.3. The number of hydrogen-bond acceptors (Lipinski definition) is 7. The molecule has 0 aliphatic heterocycles. The van der Waals surface area contributed by atoms with E-state index in [2.05, 4.69) is 44.9 Å². The summed E-state index contributed by atoms with van der Waals surface area (Å²) in [7, 11) is 2.39. The third kappa shape index (κ3) is 10.5. The van der Waals surface area contributed by atoms with Crippen molar-refractivity contribution in [3.05, 3.63) is 0 Å². The van der Waals surface area contributed by atoms with Crippen LogP contribution in [-0.4, -0.2) is 64.3 Å². The molecule has 4 rings (SSSR count). The second-order valence-electron chi connectivity index (χ2n) is 16.7. The number of nitrogens with one attached hydrogen (secondary N) is 1. The van der Waals surface area contributed by atoms with Crippen molar-refractivity contribution < 1.29 is 29.3 Å². The zero-order chi connectivity index (χ0) is 35.8. The zero-order valence-electron chi connectivity index (χ0n) is 30.8. The van der Waals surface area contributed by atoms with Crippen molar-refractivity contribution in [2.24, 2.45) is 63.0 Å². The number of aliphatic carboxylic acids is 2. The fourth-order valence-electron chi connectivity index (χ4n) is 10.7. The number of rotatable bonds is 18. The molecular weight excluding hydrogens is 659 g/mol. The van der Waals surface area contributed by atoms with Gasteiger partial charge in [-0.1, -0.05) is 75.5 Å². The molecule has 49 heavy (non-hydrogen) atoms. The minimum atomic E-state index is -1.13. The molecule has 4 aliphatic carbocycles. The first kappa shape index (κ1) is 40.2. The number of carboxylic acids is 2. The van der Waals surface area contributed by atoms with Crippen molar-refractivity contribution in [3.63, 3.8) is 0 Å². The summed E-state index contributed by atoms with van der Waals surface area (Å²) in [6.07, 6.45) is 15.9. The summed E-state index contributed by atoms with van der Waals surface area (Å²) < 4.78 is 5.94. The van der Waals surface area contributed by atoms with Crippen LogP contribution in [0.25, 0.3) is 0 Å².